The number of halogens is 10. The van der Waals surface area contributed by atoms with Crippen LogP contribution in [0.1, 0.15) is 29.1 Å². The first-order valence-electron chi connectivity index (χ1n) is 10.9. The Morgan fingerprint density at radius 2 is 1.10 bits per heavy atom. The van der Waals surface area contributed by atoms with Gasteiger partial charge in [0.25, 0.3) is 17.5 Å². The molecule has 0 saturated carbocycles. The third kappa shape index (κ3) is 7.53. The fraction of sp³-hybridized carbons (Fsp3) is 0.500. The van der Waals surface area contributed by atoms with Crippen LogP contribution in [0.25, 0.3) is 5.65 Å². The Bertz CT molecular complexity index is 1260. The summed E-state index contributed by atoms with van der Waals surface area (Å²) in [5, 5.41) is 15.8. The average Bonchev–Trinajstić information content (AvgIpc) is 3.60. The highest BCUT2D eigenvalue weighted by atomic mass is 35.5. The summed E-state index contributed by atoms with van der Waals surface area (Å²) in [6, 6.07) is 0. The zero-order valence-electron chi connectivity index (χ0n) is 19.8. The van der Waals surface area contributed by atoms with Gasteiger partial charge in [-0.15, -0.1) is 27.7 Å². The monoisotopic (exact) mass is 608 g/mol. The molecule has 0 spiro atoms. The maximum atomic E-state index is 12.1. The summed E-state index contributed by atoms with van der Waals surface area (Å²) in [5.74, 6) is -2.56. The Morgan fingerprint density at radius 3 is 1.50 bits per heavy atom. The molecular weight excluding hydrogens is 591 g/mol. The number of nitrogens with zero attached hydrogens (tertiary/aromatic N) is 10. The third-order valence-corrected chi connectivity index (χ3v) is 4.97. The van der Waals surface area contributed by atoms with Crippen LogP contribution >= 0.6 is 12.4 Å². The number of hydrogen-bond acceptors (Lipinski definition) is 9. The largest absolute Gasteiger partial charge is 0.453 e. The van der Waals surface area contributed by atoms with Crippen LogP contribution in [0.2, 0.25) is 0 Å². The summed E-state index contributed by atoms with van der Waals surface area (Å²) in [6.07, 6.45) is -9.54. The lowest BCUT2D eigenvalue weighted by atomic mass is 10.4. The molecule has 12 nitrogen and oxygen atoms in total. The number of hydrogen-bond donors (Lipinski definition) is 2. The Hall–Kier alpha value is -3.59. The van der Waals surface area contributed by atoms with Crippen LogP contribution in [0, 0.1) is 0 Å². The normalized spacial score (nSPS) is 15.1. The minimum absolute atomic E-state index is 0. The molecule has 2 aliphatic heterocycles. The molecule has 0 amide bonds. The van der Waals surface area contributed by atoms with E-state index < -0.39 is 36.0 Å². The van der Waals surface area contributed by atoms with Gasteiger partial charge in [0.1, 0.15) is 11.6 Å². The Labute approximate surface area is 223 Å². The van der Waals surface area contributed by atoms with Gasteiger partial charge in [-0.2, -0.15) is 39.5 Å². The van der Waals surface area contributed by atoms with E-state index in [2.05, 4.69) is 45.9 Å². The minimum Gasteiger partial charge on any atom is -0.308 e. The predicted octanol–water partition coefficient (Wildman–Crippen LogP) is 2.37. The van der Waals surface area contributed by atoms with Crippen molar-refractivity contribution in [3.05, 3.63) is 47.7 Å². The van der Waals surface area contributed by atoms with Gasteiger partial charge in [0.15, 0.2) is 5.65 Å². The van der Waals surface area contributed by atoms with Crippen molar-refractivity contribution in [2.75, 3.05) is 13.1 Å². The highest BCUT2D eigenvalue weighted by Gasteiger charge is 2.38. The van der Waals surface area contributed by atoms with Gasteiger partial charge in [-0.05, 0) is 0 Å². The maximum Gasteiger partial charge on any atom is 0.453 e. The van der Waals surface area contributed by atoms with E-state index in [4.69, 9.17) is 0 Å². The SMILES string of the molecule is Cl.FC(F)(F)c1nc2cnccn2n1.FC(F)(F)c1nc2n(n1)CCNC2.FC(F)(F)c1nc2n(n1)CCNC2. The molecule has 0 saturated heterocycles. The smallest absolute Gasteiger partial charge is 0.308 e. The van der Waals surface area contributed by atoms with Crippen molar-refractivity contribution >= 4 is 18.1 Å². The number of fused-ring (bicyclic) bond motifs is 3. The molecule has 0 atom stereocenters. The zero-order chi connectivity index (χ0) is 28.4. The molecule has 0 fully saturated rings. The van der Waals surface area contributed by atoms with E-state index in [0.717, 1.165) is 4.52 Å². The summed E-state index contributed by atoms with van der Waals surface area (Å²) in [5.41, 5.74) is 0.0785. The van der Waals surface area contributed by atoms with Crippen LogP contribution in [0.3, 0.4) is 0 Å². The van der Waals surface area contributed by atoms with Gasteiger partial charge in [0.2, 0.25) is 0 Å². The van der Waals surface area contributed by atoms with E-state index in [1.807, 2.05) is 0 Å². The minimum atomic E-state index is -4.51. The summed E-state index contributed by atoms with van der Waals surface area (Å²) in [7, 11) is 0. The van der Waals surface area contributed by atoms with Crippen molar-refractivity contribution in [3.63, 3.8) is 0 Å². The molecule has 4 aromatic heterocycles. The second-order valence-electron chi connectivity index (χ2n) is 7.81. The molecule has 40 heavy (non-hydrogen) atoms. The predicted molar refractivity (Wildman–Crippen MR) is 116 cm³/mol. The van der Waals surface area contributed by atoms with E-state index in [1.54, 1.807) is 0 Å². The van der Waals surface area contributed by atoms with Crippen LogP contribution in [-0.2, 0) is 44.7 Å². The molecule has 0 aliphatic carbocycles. The fourth-order valence-corrected chi connectivity index (χ4v) is 3.24. The van der Waals surface area contributed by atoms with Crippen LogP contribution in [0.4, 0.5) is 39.5 Å². The first kappa shape index (κ1) is 30.9. The quantitative estimate of drug-likeness (QED) is 0.289. The molecule has 0 bridgehead atoms. The summed E-state index contributed by atoms with van der Waals surface area (Å²) >= 11 is 0. The van der Waals surface area contributed by atoms with Gasteiger partial charge in [0, 0.05) is 25.5 Å². The van der Waals surface area contributed by atoms with Gasteiger partial charge >= 0.3 is 18.5 Å². The van der Waals surface area contributed by atoms with Gasteiger partial charge in [0.05, 0.1) is 32.4 Å². The molecule has 0 aromatic carbocycles. The Morgan fingerprint density at radius 1 is 0.650 bits per heavy atom. The van der Waals surface area contributed by atoms with Crippen molar-refractivity contribution in [1.29, 1.82) is 0 Å². The highest BCUT2D eigenvalue weighted by molar-refractivity contribution is 5.85. The third-order valence-electron chi connectivity index (χ3n) is 4.97. The Kier molecular flexibility index (Phi) is 9.19. The van der Waals surface area contributed by atoms with Crippen molar-refractivity contribution < 1.29 is 39.5 Å². The first-order valence-corrected chi connectivity index (χ1v) is 10.9. The molecule has 0 unspecified atom stereocenters. The van der Waals surface area contributed by atoms with E-state index >= 15 is 0 Å². The van der Waals surface area contributed by atoms with E-state index in [0.29, 0.717) is 50.9 Å². The first-order chi connectivity index (χ1) is 18.2. The zero-order valence-corrected chi connectivity index (χ0v) is 20.6. The molecule has 6 rings (SSSR count). The van der Waals surface area contributed by atoms with Gasteiger partial charge in [-0.3, -0.25) is 4.98 Å². The standard InChI is InChI=1S/2C6H7F3N4.C6H3F3N4.ClH/c3*7-6(8,9)5-11-4-3-10-1-2-13(4)12-5;/h2*10H,1-3H2;1-3H;1H. The van der Waals surface area contributed by atoms with Crippen LogP contribution in [0.15, 0.2) is 18.6 Å². The topological polar surface area (TPSA) is 129 Å². The number of aromatic nitrogens is 10. The van der Waals surface area contributed by atoms with Crippen molar-refractivity contribution in [2.24, 2.45) is 0 Å². The molecule has 4 aromatic rings. The lowest BCUT2D eigenvalue weighted by Gasteiger charge is -2.11. The second kappa shape index (κ2) is 11.9. The second-order valence-corrected chi connectivity index (χ2v) is 7.81. The number of rotatable bonds is 0. The van der Waals surface area contributed by atoms with E-state index in [1.165, 1.54) is 28.0 Å². The van der Waals surface area contributed by atoms with Gasteiger partial charge in [-0.1, -0.05) is 0 Å². The Balaban J connectivity index is 0.000000163. The summed E-state index contributed by atoms with van der Waals surface area (Å²) < 4.78 is 113. The molecule has 22 heteroatoms. The molecule has 2 aliphatic rings. The maximum absolute atomic E-state index is 12.1. The van der Waals surface area contributed by atoms with E-state index in [9.17, 15) is 39.5 Å². The lowest BCUT2D eigenvalue weighted by molar-refractivity contribution is -0.145. The average molecular weight is 609 g/mol. The van der Waals surface area contributed by atoms with E-state index in [-0.39, 0.29) is 18.1 Å². The highest BCUT2D eigenvalue weighted by Crippen LogP contribution is 2.28. The van der Waals surface area contributed by atoms with Crippen LogP contribution in [-0.4, -0.2) is 62.2 Å². The summed E-state index contributed by atoms with van der Waals surface area (Å²) in [4.78, 5) is 13.6. The fourth-order valence-electron chi connectivity index (χ4n) is 3.24. The molecule has 220 valence electrons. The van der Waals surface area contributed by atoms with Crippen LogP contribution in [0.5, 0.6) is 0 Å². The van der Waals surface area contributed by atoms with Crippen molar-refractivity contribution in [1.82, 2.24) is 59.7 Å². The lowest BCUT2D eigenvalue weighted by Crippen LogP contribution is -2.28. The molecule has 0 radical (unpaired) electrons. The van der Waals surface area contributed by atoms with Crippen molar-refractivity contribution in [2.45, 2.75) is 44.7 Å². The number of alkyl halides is 9. The summed E-state index contributed by atoms with van der Waals surface area (Å²) in [6.45, 7) is 2.85. The van der Waals surface area contributed by atoms with Crippen LogP contribution < -0.4 is 10.6 Å². The molecule has 6 heterocycles. The number of nitrogens with one attached hydrogen (secondary N) is 2. The van der Waals surface area contributed by atoms with Gasteiger partial charge < -0.3 is 10.6 Å². The molecule has 2 N–H and O–H groups in total. The van der Waals surface area contributed by atoms with Gasteiger partial charge in [-0.25, -0.2) is 28.8 Å². The van der Waals surface area contributed by atoms with Crippen molar-refractivity contribution in [3.8, 4) is 0 Å². The molecular formula is C18H18ClF9N12.